The summed E-state index contributed by atoms with van der Waals surface area (Å²) in [7, 11) is 0. The summed E-state index contributed by atoms with van der Waals surface area (Å²) in [6, 6.07) is 20.3. The summed E-state index contributed by atoms with van der Waals surface area (Å²) in [5.41, 5.74) is 3.86. The van der Waals surface area contributed by atoms with Gasteiger partial charge in [-0.1, -0.05) is 30.3 Å². The number of benzene rings is 3. The first-order valence-electron chi connectivity index (χ1n) is 9.41. The molecule has 0 aliphatic rings. The number of fused-ring (bicyclic) bond motifs is 3. The summed E-state index contributed by atoms with van der Waals surface area (Å²) in [4.78, 5) is 12.6. The number of carbonyl (C=O) groups is 1. The Kier molecular flexibility index (Phi) is 4.84. The van der Waals surface area contributed by atoms with Crippen LogP contribution in [0.1, 0.15) is 18.9 Å². The second-order valence-corrected chi connectivity index (χ2v) is 6.85. The van der Waals surface area contributed by atoms with Crippen molar-refractivity contribution in [1.29, 1.82) is 0 Å². The molecule has 1 aromatic heterocycles. The van der Waals surface area contributed by atoms with E-state index in [9.17, 15) is 9.18 Å². The predicted molar refractivity (Wildman–Crippen MR) is 112 cm³/mol. The van der Waals surface area contributed by atoms with Gasteiger partial charge in [0.2, 0.25) is 5.91 Å². The van der Waals surface area contributed by atoms with Gasteiger partial charge in [-0.3, -0.25) is 4.79 Å². The van der Waals surface area contributed by atoms with Gasteiger partial charge >= 0.3 is 0 Å². The van der Waals surface area contributed by atoms with Crippen LogP contribution in [0.25, 0.3) is 21.8 Å². The molecule has 3 aromatic carbocycles. The van der Waals surface area contributed by atoms with E-state index in [0.29, 0.717) is 12.1 Å². The van der Waals surface area contributed by atoms with Crippen molar-refractivity contribution in [2.45, 2.75) is 26.3 Å². The maximum atomic E-state index is 13.0. The predicted octanol–water partition coefficient (Wildman–Crippen LogP) is 4.79. The molecule has 1 amide bonds. The van der Waals surface area contributed by atoms with Crippen molar-refractivity contribution in [2.75, 3.05) is 5.01 Å². The van der Waals surface area contributed by atoms with Gasteiger partial charge in [-0.2, -0.15) is 0 Å². The van der Waals surface area contributed by atoms with Crippen LogP contribution in [-0.4, -0.2) is 10.5 Å². The van der Waals surface area contributed by atoms with Gasteiger partial charge in [0, 0.05) is 34.8 Å². The fraction of sp³-hybridized carbons (Fsp3) is 0.174. The number of carbonyl (C=O) groups excluding carboxylic acids is 1. The van der Waals surface area contributed by atoms with Crippen molar-refractivity contribution in [3.63, 3.8) is 0 Å². The van der Waals surface area contributed by atoms with Crippen LogP contribution in [0.5, 0.6) is 0 Å². The fourth-order valence-electron chi connectivity index (χ4n) is 3.70. The van der Waals surface area contributed by atoms with Crippen molar-refractivity contribution in [1.82, 2.24) is 4.57 Å². The van der Waals surface area contributed by atoms with E-state index in [2.05, 4.69) is 23.6 Å². The van der Waals surface area contributed by atoms with Crippen molar-refractivity contribution in [2.24, 2.45) is 5.84 Å². The average Bonchev–Trinajstić information content (AvgIpc) is 3.05. The van der Waals surface area contributed by atoms with Crippen molar-refractivity contribution >= 4 is 33.4 Å². The van der Waals surface area contributed by atoms with Gasteiger partial charge in [0.15, 0.2) is 0 Å². The molecule has 0 aliphatic carbocycles. The van der Waals surface area contributed by atoms with Gasteiger partial charge in [-0.25, -0.2) is 15.2 Å². The van der Waals surface area contributed by atoms with E-state index in [0.717, 1.165) is 28.4 Å². The molecule has 0 spiro atoms. The smallest absolute Gasteiger partial charge is 0.241 e. The fourth-order valence-corrected chi connectivity index (χ4v) is 3.70. The zero-order chi connectivity index (χ0) is 19.7. The molecule has 0 bridgehead atoms. The molecule has 0 aliphatic heterocycles. The number of hydrazine groups is 1. The lowest BCUT2D eigenvalue weighted by Gasteiger charge is -2.17. The Bertz CT molecular complexity index is 1150. The molecule has 4 rings (SSSR count). The van der Waals surface area contributed by atoms with Gasteiger partial charge in [0.05, 0.1) is 5.69 Å². The average molecular weight is 375 g/mol. The highest BCUT2D eigenvalue weighted by atomic mass is 19.1. The maximum absolute atomic E-state index is 13.0. The number of nitrogens with two attached hydrogens (primary N) is 1. The first-order valence-corrected chi connectivity index (χ1v) is 9.41. The Morgan fingerprint density at radius 3 is 2.46 bits per heavy atom. The molecular formula is C23H22FN3O. The topological polar surface area (TPSA) is 51.3 Å². The SMILES string of the molecule is CCn1c2ccccc2c2cc(N(N)C(=O)CCc3ccc(F)cc3)ccc21. The van der Waals surface area contributed by atoms with E-state index in [4.69, 9.17) is 5.84 Å². The minimum absolute atomic E-state index is 0.178. The minimum Gasteiger partial charge on any atom is -0.341 e. The molecular weight excluding hydrogens is 353 g/mol. The zero-order valence-electron chi connectivity index (χ0n) is 15.7. The monoisotopic (exact) mass is 375 g/mol. The summed E-state index contributed by atoms with van der Waals surface area (Å²) in [5, 5.41) is 3.44. The van der Waals surface area contributed by atoms with Crippen molar-refractivity contribution < 1.29 is 9.18 Å². The van der Waals surface area contributed by atoms with Crippen LogP contribution in [0.15, 0.2) is 66.7 Å². The highest BCUT2D eigenvalue weighted by Gasteiger charge is 2.15. The zero-order valence-corrected chi connectivity index (χ0v) is 15.7. The highest BCUT2D eigenvalue weighted by molar-refractivity contribution is 6.09. The van der Waals surface area contributed by atoms with Crippen LogP contribution in [-0.2, 0) is 17.8 Å². The van der Waals surface area contributed by atoms with E-state index < -0.39 is 0 Å². The Morgan fingerprint density at radius 2 is 1.71 bits per heavy atom. The summed E-state index contributed by atoms with van der Waals surface area (Å²) >= 11 is 0. The Hall–Kier alpha value is -3.18. The van der Waals surface area contributed by atoms with Gasteiger partial charge in [0.1, 0.15) is 5.82 Å². The molecule has 0 unspecified atom stereocenters. The maximum Gasteiger partial charge on any atom is 0.241 e. The number of nitrogens with zero attached hydrogens (tertiary/aromatic N) is 2. The van der Waals surface area contributed by atoms with Crippen LogP contribution in [0.4, 0.5) is 10.1 Å². The number of amides is 1. The van der Waals surface area contributed by atoms with Crippen LogP contribution in [0.2, 0.25) is 0 Å². The lowest BCUT2D eigenvalue weighted by Crippen LogP contribution is -2.37. The molecule has 0 fully saturated rings. The lowest BCUT2D eigenvalue weighted by atomic mass is 10.1. The number of rotatable bonds is 5. The van der Waals surface area contributed by atoms with E-state index >= 15 is 0 Å². The first kappa shape index (κ1) is 18.2. The van der Waals surface area contributed by atoms with Crippen molar-refractivity contribution in [3.05, 3.63) is 78.1 Å². The normalized spacial score (nSPS) is 11.2. The molecule has 4 nitrogen and oxygen atoms in total. The Morgan fingerprint density at radius 1 is 1.00 bits per heavy atom. The van der Waals surface area contributed by atoms with E-state index in [1.165, 1.54) is 22.7 Å². The van der Waals surface area contributed by atoms with E-state index in [1.807, 2.05) is 30.3 Å². The number of hydrogen-bond donors (Lipinski definition) is 1. The number of aromatic nitrogens is 1. The second-order valence-electron chi connectivity index (χ2n) is 6.85. The van der Waals surface area contributed by atoms with E-state index in [1.54, 1.807) is 12.1 Å². The first-order chi connectivity index (χ1) is 13.6. The Balaban J connectivity index is 1.60. The highest BCUT2D eigenvalue weighted by Crippen LogP contribution is 2.31. The largest absolute Gasteiger partial charge is 0.341 e. The number of para-hydroxylation sites is 1. The van der Waals surface area contributed by atoms with Crippen LogP contribution >= 0.6 is 0 Å². The number of aryl methyl sites for hydroxylation is 2. The van der Waals surface area contributed by atoms with E-state index in [-0.39, 0.29) is 18.1 Å². The molecule has 0 radical (unpaired) electrons. The molecule has 0 saturated heterocycles. The van der Waals surface area contributed by atoms with Gasteiger partial charge in [-0.15, -0.1) is 0 Å². The quantitative estimate of drug-likeness (QED) is 0.310. The van der Waals surface area contributed by atoms with Crippen LogP contribution in [0, 0.1) is 5.82 Å². The molecule has 4 aromatic rings. The number of hydrogen-bond acceptors (Lipinski definition) is 2. The minimum atomic E-state index is -0.282. The van der Waals surface area contributed by atoms with Gasteiger partial charge in [-0.05, 0) is 55.3 Å². The lowest BCUT2D eigenvalue weighted by molar-refractivity contribution is -0.118. The number of halogens is 1. The molecule has 1 heterocycles. The third kappa shape index (κ3) is 3.25. The molecule has 0 atom stereocenters. The third-order valence-electron chi connectivity index (χ3n) is 5.16. The summed E-state index contributed by atoms with van der Waals surface area (Å²) in [5.74, 6) is 5.66. The van der Waals surface area contributed by atoms with Crippen LogP contribution < -0.4 is 10.9 Å². The summed E-state index contributed by atoms with van der Waals surface area (Å²) < 4.78 is 15.3. The second kappa shape index (κ2) is 7.44. The van der Waals surface area contributed by atoms with Crippen LogP contribution in [0.3, 0.4) is 0 Å². The summed E-state index contributed by atoms with van der Waals surface area (Å²) in [6.07, 6.45) is 0.779. The molecule has 2 N–H and O–H groups in total. The molecule has 28 heavy (non-hydrogen) atoms. The number of anilines is 1. The van der Waals surface area contributed by atoms with Crippen molar-refractivity contribution in [3.8, 4) is 0 Å². The summed E-state index contributed by atoms with van der Waals surface area (Å²) in [6.45, 7) is 2.99. The molecule has 0 saturated carbocycles. The Labute approximate surface area is 162 Å². The van der Waals surface area contributed by atoms with Gasteiger partial charge in [0.25, 0.3) is 0 Å². The standard InChI is InChI=1S/C23H22FN3O/c1-2-26-21-6-4-3-5-19(21)20-15-18(12-13-22(20)26)27(25)23(28)14-9-16-7-10-17(24)11-8-16/h3-8,10-13,15H,2,9,14,25H2,1H3. The molecule has 5 heteroatoms. The third-order valence-corrected chi connectivity index (χ3v) is 5.16. The van der Waals surface area contributed by atoms with Gasteiger partial charge < -0.3 is 4.57 Å². The molecule has 142 valence electrons.